The third-order valence-corrected chi connectivity index (χ3v) is 10.6. The third kappa shape index (κ3) is 4.68. The van der Waals surface area contributed by atoms with Gasteiger partial charge in [0, 0.05) is 48.2 Å². The number of rotatable bonds is 5. The predicted molar refractivity (Wildman–Crippen MR) is 207 cm³/mol. The standard InChI is InChI=1S/C45H28N2OS/c1-3-9-29(10-4-1)30-15-18-33(19-16-30)47(35-21-24-39-38-13-7-8-14-42(38)49-43(39)28-35)34-20-23-36-32(27-34)17-22-40-37(36)25-26-41-44(40)48-45(46-41)31-11-5-2-6-12-31/h1-28H. The van der Waals surface area contributed by atoms with E-state index in [0.717, 1.165) is 44.5 Å². The van der Waals surface area contributed by atoms with Gasteiger partial charge in [-0.15, -0.1) is 11.3 Å². The van der Waals surface area contributed by atoms with Crippen LogP contribution in [0, 0.1) is 0 Å². The van der Waals surface area contributed by atoms with Gasteiger partial charge in [-0.25, -0.2) is 4.98 Å². The van der Waals surface area contributed by atoms with E-state index in [4.69, 9.17) is 9.40 Å². The molecule has 0 aliphatic rings. The molecule has 49 heavy (non-hydrogen) atoms. The average molecular weight is 645 g/mol. The fourth-order valence-electron chi connectivity index (χ4n) is 7.10. The Labute approximate surface area is 286 Å². The molecule has 0 spiro atoms. The fraction of sp³-hybridized carbons (Fsp3) is 0. The molecule has 10 rings (SSSR count). The van der Waals surface area contributed by atoms with E-state index in [1.54, 1.807) is 0 Å². The lowest BCUT2D eigenvalue weighted by Crippen LogP contribution is -2.09. The molecule has 0 atom stereocenters. The molecular weight excluding hydrogens is 617 g/mol. The number of hydrogen-bond acceptors (Lipinski definition) is 4. The maximum absolute atomic E-state index is 6.37. The summed E-state index contributed by atoms with van der Waals surface area (Å²) >= 11 is 1.85. The molecule has 2 heterocycles. The molecule has 0 amide bonds. The van der Waals surface area contributed by atoms with E-state index in [2.05, 4.69) is 144 Å². The van der Waals surface area contributed by atoms with Crippen molar-refractivity contribution in [3.05, 3.63) is 170 Å². The Balaban J connectivity index is 1.12. The summed E-state index contributed by atoms with van der Waals surface area (Å²) in [5.41, 5.74) is 8.41. The van der Waals surface area contributed by atoms with Crippen molar-refractivity contribution in [2.45, 2.75) is 0 Å². The van der Waals surface area contributed by atoms with Crippen molar-refractivity contribution in [3.63, 3.8) is 0 Å². The summed E-state index contributed by atoms with van der Waals surface area (Å²) in [4.78, 5) is 7.18. The van der Waals surface area contributed by atoms with Crippen molar-refractivity contribution in [2.24, 2.45) is 0 Å². The Kier molecular flexibility index (Phi) is 6.36. The SMILES string of the molecule is c1ccc(-c2ccc(N(c3ccc4c(ccc5c4ccc4nc(-c6ccccc6)oc45)c3)c3ccc4c(c3)sc3ccccc34)cc2)cc1. The highest BCUT2D eigenvalue weighted by molar-refractivity contribution is 7.25. The van der Waals surface area contributed by atoms with Crippen molar-refractivity contribution in [1.82, 2.24) is 4.98 Å². The Bertz CT molecular complexity index is 2820. The van der Waals surface area contributed by atoms with Crippen LogP contribution < -0.4 is 4.90 Å². The summed E-state index contributed by atoms with van der Waals surface area (Å²) in [6, 6.07) is 60.5. The summed E-state index contributed by atoms with van der Waals surface area (Å²) < 4.78 is 8.96. The van der Waals surface area contributed by atoms with Gasteiger partial charge in [-0.2, -0.15) is 0 Å². The average Bonchev–Trinajstić information content (AvgIpc) is 3.78. The molecule has 0 aliphatic heterocycles. The van der Waals surface area contributed by atoms with Gasteiger partial charge >= 0.3 is 0 Å². The van der Waals surface area contributed by atoms with Crippen LogP contribution in [0.2, 0.25) is 0 Å². The van der Waals surface area contributed by atoms with Crippen molar-refractivity contribution in [1.29, 1.82) is 0 Å². The van der Waals surface area contributed by atoms with Crippen LogP contribution in [0.4, 0.5) is 17.1 Å². The zero-order chi connectivity index (χ0) is 32.3. The molecule has 230 valence electrons. The maximum atomic E-state index is 6.37. The normalized spacial score (nSPS) is 11.7. The van der Waals surface area contributed by atoms with Gasteiger partial charge in [-0.1, -0.05) is 103 Å². The Morgan fingerprint density at radius 2 is 1.04 bits per heavy atom. The minimum absolute atomic E-state index is 0.642. The Morgan fingerprint density at radius 1 is 0.429 bits per heavy atom. The lowest BCUT2D eigenvalue weighted by molar-refractivity contribution is 0.623. The molecule has 0 N–H and O–H groups in total. The van der Waals surface area contributed by atoms with Gasteiger partial charge in [-0.3, -0.25) is 0 Å². The molecule has 0 saturated heterocycles. The van der Waals surface area contributed by atoms with Gasteiger partial charge in [0.1, 0.15) is 5.52 Å². The van der Waals surface area contributed by atoms with Gasteiger partial charge in [-0.05, 0) is 94.0 Å². The van der Waals surface area contributed by atoms with E-state index < -0.39 is 0 Å². The second kappa shape index (κ2) is 11.2. The number of aromatic nitrogens is 1. The highest BCUT2D eigenvalue weighted by atomic mass is 32.1. The molecule has 0 radical (unpaired) electrons. The van der Waals surface area contributed by atoms with Gasteiger partial charge in [0.05, 0.1) is 0 Å². The van der Waals surface area contributed by atoms with E-state index in [-0.39, 0.29) is 0 Å². The Hall–Kier alpha value is -6.23. The number of thiophene rings is 1. The summed E-state index contributed by atoms with van der Waals surface area (Å²) in [5.74, 6) is 0.642. The zero-order valence-electron chi connectivity index (χ0n) is 26.4. The number of benzene rings is 8. The van der Waals surface area contributed by atoms with Crippen molar-refractivity contribution >= 4 is 81.2 Å². The van der Waals surface area contributed by atoms with E-state index >= 15 is 0 Å². The molecule has 0 aliphatic carbocycles. The molecule has 0 fully saturated rings. The first kappa shape index (κ1) is 27.8. The summed E-state index contributed by atoms with van der Waals surface area (Å²) in [7, 11) is 0. The van der Waals surface area contributed by atoms with Crippen LogP contribution in [0.15, 0.2) is 174 Å². The van der Waals surface area contributed by atoms with Gasteiger partial charge in [0.2, 0.25) is 5.89 Å². The van der Waals surface area contributed by atoms with Crippen LogP contribution >= 0.6 is 11.3 Å². The minimum atomic E-state index is 0.642. The quantitative estimate of drug-likeness (QED) is 0.175. The third-order valence-electron chi connectivity index (χ3n) is 9.48. The van der Waals surface area contributed by atoms with Gasteiger partial charge < -0.3 is 9.32 Å². The van der Waals surface area contributed by atoms with E-state index in [9.17, 15) is 0 Å². The van der Waals surface area contributed by atoms with E-state index in [1.807, 2.05) is 41.7 Å². The molecule has 0 saturated carbocycles. The van der Waals surface area contributed by atoms with Crippen LogP contribution in [-0.4, -0.2) is 4.98 Å². The number of hydrogen-bond donors (Lipinski definition) is 0. The molecule has 0 bridgehead atoms. The summed E-state index contributed by atoms with van der Waals surface area (Å²) in [6.45, 7) is 0. The van der Waals surface area contributed by atoms with Crippen molar-refractivity contribution in [3.8, 4) is 22.6 Å². The second-order valence-corrected chi connectivity index (χ2v) is 13.5. The van der Waals surface area contributed by atoms with Gasteiger partial charge in [0.15, 0.2) is 5.58 Å². The van der Waals surface area contributed by atoms with Crippen LogP contribution in [-0.2, 0) is 0 Å². The molecule has 0 unspecified atom stereocenters. The van der Waals surface area contributed by atoms with Gasteiger partial charge in [0.25, 0.3) is 0 Å². The van der Waals surface area contributed by atoms with E-state index in [0.29, 0.717) is 5.89 Å². The topological polar surface area (TPSA) is 29.3 Å². The maximum Gasteiger partial charge on any atom is 0.227 e. The number of nitrogens with zero attached hydrogens (tertiary/aromatic N) is 2. The van der Waals surface area contributed by atoms with Crippen molar-refractivity contribution in [2.75, 3.05) is 4.90 Å². The smallest absolute Gasteiger partial charge is 0.227 e. The number of fused-ring (bicyclic) bond motifs is 8. The monoisotopic (exact) mass is 644 g/mol. The number of oxazole rings is 1. The second-order valence-electron chi connectivity index (χ2n) is 12.4. The highest BCUT2D eigenvalue weighted by Crippen LogP contribution is 2.42. The lowest BCUT2D eigenvalue weighted by atomic mass is 10.00. The first-order chi connectivity index (χ1) is 24.3. The van der Waals surface area contributed by atoms with E-state index in [1.165, 1.54) is 42.1 Å². The molecule has 3 nitrogen and oxygen atoms in total. The largest absolute Gasteiger partial charge is 0.435 e. The Morgan fingerprint density at radius 3 is 1.86 bits per heavy atom. The molecule has 2 aromatic heterocycles. The first-order valence-electron chi connectivity index (χ1n) is 16.5. The van der Waals surface area contributed by atoms with Crippen LogP contribution in [0.25, 0.3) is 75.4 Å². The molecular formula is C45H28N2OS. The predicted octanol–water partition coefficient (Wildman–Crippen LogP) is 13.3. The number of anilines is 3. The summed E-state index contributed by atoms with van der Waals surface area (Å²) in [5, 5.41) is 7.17. The fourth-order valence-corrected chi connectivity index (χ4v) is 8.24. The summed E-state index contributed by atoms with van der Waals surface area (Å²) in [6.07, 6.45) is 0. The minimum Gasteiger partial charge on any atom is -0.435 e. The van der Waals surface area contributed by atoms with Crippen molar-refractivity contribution < 1.29 is 4.42 Å². The lowest BCUT2D eigenvalue weighted by Gasteiger charge is -2.26. The zero-order valence-corrected chi connectivity index (χ0v) is 27.2. The highest BCUT2D eigenvalue weighted by Gasteiger charge is 2.17. The van der Waals surface area contributed by atoms with Crippen LogP contribution in [0.1, 0.15) is 0 Å². The van der Waals surface area contributed by atoms with Crippen LogP contribution in [0.3, 0.4) is 0 Å². The molecule has 10 aromatic rings. The van der Waals surface area contributed by atoms with Crippen LogP contribution in [0.5, 0.6) is 0 Å². The first-order valence-corrected chi connectivity index (χ1v) is 17.3. The molecule has 4 heteroatoms. The molecule has 8 aromatic carbocycles.